The Morgan fingerprint density at radius 1 is 1.22 bits per heavy atom. The maximum Gasteiger partial charge on any atom is 0.277 e. The highest BCUT2D eigenvalue weighted by Gasteiger charge is 2.35. The van der Waals surface area contributed by atoms with Crippen molar-refractivity contribution in [3.8, 4) is 11.4 Å². The van der Waals surface area contributed by atoms with Gasteiger partial charge in [-0.2, -0.15) is 0 Å². The second kappa shape index (κ2) is 9.48. The van der Waals surface area contributed by atoms with Crippen molar-refractivity contribution in [2.45, 2.75) is 26.0 Å². The number of ether oxygens (including phenoxy) is 1. The van der Waals surface area contributed by atoms with Crippen LogP contribution in [0.25, 0.3) is 11.4 Å². The molecule has 9 heteroatoms. The Kier molecular flexibility index (Phi) is 6.69. The van der Waals surface area contributed by atoms with Gasteiger partial charge in [0.25, 0.3) is 5.56 Å². The summed E-state index contributed by atoms with van der Waals surface area (Å²) in [6, 6.07) is 10.9. The fourth-order valence-electron chi connectivity index (χ4n) is 4.00. The lowest BCUT2D eigenvalue weighted by Gasteiger charge is -2.22. The number of aryl methyl sites for hydroxylation is 1. The van der Waals surface area contributed by atoms with Crippen LogP contribution in [0.4, 0.5) is 11.5 Å². The van der Waals surface area contributed by atoms with Crippen LogP contribution in [0.2, 0.25) is 10.0 Å². The molecule has 1 aliphatic rings. The quantitative estimate of drug-likeness (QED) is 0.579. The molecule has 2 atom stereocenters. The zero-order valence-corrected chi connectivity index (χ0v) is 19.7. The summed E-state index contributed by atoms with van der Waals surface area (Å²) in [6.45, 7) is 5.72. The first-order chi connectivity index (χ1) is 15.4. The lowest BCUT2D eigenvalue weighted by atomic mass is 10.1. The first kappa shape index (κ1) is 22.6. The molecule has 0 radical (unpaired) electrons. The van der Waals surface area contributed by atoms with E-state index < -0.39 is 0 Å². The zero-order valence-electron chi connectivity index (χ0n) is 18.2. The third-order valence-electron chi connectivity index (χ3n) is 5.59. The summed E-state index contributed by atoms with van der Waals surface area (Å²) >= 11 is 12.4. The SMILES string of the molecule is CCO[C@H]1CN(c2ccccn2)C[C@H]1Nc1c(C)nc(-c2ccc(Cl)cc2Cl)n(C)c1=O. The molecule has 7 nitrogen and oxygen atoms in total. The van der Waals surface area contributed by atoms with Gasteiger partial charge in [-0.3, -0.25) is 9.36 Å². The van der Waals surface area contributed by atoms with Crippen LogP contribution in [-0.4, -0.2) is 46.4 Å². The second-order valence-electron chi connectivity index (χ2n) is 7.72. The van der Waals surface area contributed by atoms with E-state index in [2.05, 4.69) is 15.2 Å². The molecule has 1 N–H and O–H groups in total. The Labute approximate surface area is 197 Å². The maximum atomic E-state index is 13.3. The average molecular weight is 474 g/mol. The number of anilines is 2. The molecule has 3 heterocycles. The predicted molar refractivity (Wildman–Crippen MR) is 129 cm³/mol. The van der Waals surface area contributed by atoms with Gasteiger partial charge in [0.05, 0.1) is 22.9 Å². The van der Waals surface area contributed by atoms with Gasteiger partial charge in [0.1, 0.15) is 17.3 Å². The third-order valence-corrected chi connectivity index (χ3v) is 6.14. The van der Waals surface area contributed by atoms with E-state index in [1.807, 2.05) is 32.0 Å². The molecule has 4 rings (SSSR count). The van der Waals surface area contributed by atoms with Gasteiger partial charge in [0.15, 0.2) is 0 Å². The maximum absolute atomic E-state index is 13.3. The number of nitrogens with one attached hydrogen (secondary N) is 1. The van der Waals surface area contributed by atoms with Gasteiger partial charge in [-0.25, -0.2) is 9.97 Å². The molecule has 168 valence electrons. The van der Waals surface area contributed by atoms with Gasteiger partial charge in [-0.05, 0) is 44.2 Å². The van der Waals surface area contributed by atoms with E-state index in [4.69, 9.17) is 32.9 Å². The molecule has 2 aromatic heterocycles. The number of benzene rings is 1. The summed E-state index contributed by atoms with van der Waals surface area (Å²) in [4.78, 5) is 24.6. The van der Waals surface area contributed by atoms with Crippen molar-refractivity contribution in [2.24, 2.45) is 7.05 Å². The lowest BCUT2D eigenvalue weighted by molar-refractivity contribution is 0.0720. The monoisotopic (exact) mass is 473 g/mol. The highest BCUT2D eigenvalue weighted by Crippen LogP contribution is 2.30. The lowest BCUT2D eigenvalue weighted by Crippen LogP contribution is -2.38. The Morgan fingerprint density at radius 2 is 2.03 bits per heavy atom. The molecular weight excluding hydrogens is 449 g/mol. The number of nitrogens with zero attached hydrogens (tertiary/aromatic N) is 4. The molecule has 0 unspecified atom stereocenters. The van der Waals surface area contributed by atoms with Gasteiger partial charge >= 0.3 is 0 Å². The third kappa shape index (κ3) is 4.46. The number of rotatable bonds is 6. The summed E-state index contributed by atoms with van der Waals surface area (Å²) < 4.78 is 7.48. The molecule has 0 spiro atoms. The van der Waals surface area contributed by atoms with Crippen molar-refractivity contribution in [2.75, 3.05) is 29.9 Å². The van der Waals surface area contributed by atoms with Crippen LogP contribution in [-0.2, 0) is 11.8 Å². The molecule has 0 bridgehead atoms. The van der Waals surface area contributed by atoms with E-state index in [0.29, 0.717) is 52.5 Å². The van der Waals surface area contributed by atoms with E-state index >= 15 is 0 Å². The van der Waals surface area contributed by atoms with E-state index in [1.165, 1.54) is 4.57 Å². The fraction of sp³-hybridized carbons (Fsp3) is 0.348. The van der Waals surface area contributed by atoms with Crippen LogP contribution >= 0.6 is 23.2 Å². The first-order valence-electron chi connectivity index (χ1n) is 10.5. The van der Waals surface area contributed by atoms with Crippen molar-refractivity contribution in [3.63, 3.8) is 0 Å². The largest absolute Gasteiger partial charge is 0.374 e. The second-order valence-corrected chi connectivity index (χ2v) is 8.57. The molecule has 0 saturated carbocycles. The molecule has 0 aliphatic carbocycles. The van der Waals surface area contributed by atoms with Gasteiger partial charge in [-0.15, -0.1) is 0 Å². The van der Waals surface area contributed by atoms with Gasteiger partial charge in [0, 0.05) is 43.5 Å². The number of aromatic nitrogens is 3. The van der Waals surface area contributed by atoms with Crippen molar-refractivity contribution >= 4 is 34.7 Å². The van der Waals surface area contributed by atoms with Crippen LogP contribution in [0, 0.1) is 6.92 Å². The minimum atomic E-state index is -0.176. The molecular formula is C23H25Cl2N5O2. The minimum Gasteiger partial charge on any atom is -0.374 e. The van der Waals surface area contributed by atoms with Crippen LogP contribution in [0.5, 0.6) is 0 Å². The molecule has 1 aromatic carbocycles. The molecule has 0 amide bonds. The Bertz CT molecular complexity index is 1170. The van der Waals surface area contributed by atoms with Crippen molar-refractivity contribution in [1.82, 2.24) is 14.5 Å². The van der Waals surface area contributed by atoms with Crippen molar-refractivity contribution in [3.05, 3.63) is 68.7 Å². The van der Waals surface area contributed by atoms with E-state index in [1.54, 1.807) is 31.4 Å². The molecule has 1 aliphatic heterocycles. The molecule has 1 saturated heterocycles. The fourth-order valence-corrected chi connectivity index (χ4v) is 4.49. The first-order valence-corrected chi connectivity index (χ1v) is 11.2. The van der Waals surface area contributed by atoms with E-state index in [-0.39, 0.29) is 17.7 Å². The normalized spacial score (nSPS) is 18.2. The summed E-state index contributed by atoms with van der Waals surface area (Å²) in [5, 5.41) is 4.38. The number of hydrogen-bond donors (Lipinski definition) is 1. The van der Waals surface area contributed by atoms with Crippen molar-refractivity contribution < 1.29 is 4.74 Å². The van der Waals surface area contributed by atoms with Crippen LogP contribution in [0.3, 0.4) is 0 Å². The summed E-state index contributed by atoms with van der Waals surface area (Å²) in [6.07, 6.45) is 1.69. The van der Waals surface area contributed by atoms with E-state index in [9.17, 15) is 4.79 Å². The number of hydrogen-bond acceptors (Lipinski definition) is 6. The molecule has 3 aromatic rings. The average Bonchev–Trinajstić information content (AvgIpc) is 3.17. The Hall–Kier alpha value is -2.61. The topological polar surface area (TPSA) is 72.3 Å². The van der Waals surface area contributed by atoms with Gasteiger partial charge in [-0.1, -0.05) is 29.3 Å². The molecule has 32 heavy (non-hydrogen) atoms. The minimum absolute atomic E-state index is 0.0866. The van der Waals surface area contributed by atoms with Crippen LogP contribution in [0.1, 0.15) is 12.6 Å². The summed E-state index contributed by atoms with van der Waals surface area (Å²) in [7, 11) is 1.69. The Morgan fingerprint density at radius 3 is 2.72 bits per heavy atom. The van der Waals surface area contributed by atoms with Crippen molar-refractivity contribution in [1.29, 1.82) is 0 Å². The Balaban J connectivity index is 1.65. The van der Waals surface area contributed by atoms with Gasteiger partial charge < -0.3 is 15.0 Å². The summed E-state index contributed by atoms with van der Waals surface area (Å²) in [5.74, 6) is 1.37. The molecule has 1 fully saturated rings. The van der Waals surface area contributed by atoms with Crippen LogP contribution < -0.4 is 15.8 Å². The zero-order chi connectivity index (χ0) is 22.8. The summed E-state index contributed by atoms with van der Waals surface area (Å²) in [5.41, 5.74) is 1.53. The standard InChI is InChI=1S/C23H25Cl2N5O2/c1-4-32-19-13-30(20-7-5-6-10-26-20)12-18(19)28-21-14(2)27-22(29(3)23(21)31)16-9-8-15(24)11-17(16)25/h5-11,18-19,28H,4,12-13H2,1-3H3/t18-,19+/m1/s1. The highest BCUT2D eigenvalue weighted by atomic mass is 35.5. The van der Waals surface area contributed by atoms with E-state index in [0.717, 1.165) is 5.82 Å². The smallest absolute Gasteiger partial charge is 0.277 e. The highest BCUT2D eigenvalue weighted by molar-refractivity contribution is 6.36. The number of halogens is 2. The van der Waals surface area contributed by atoms with Gasteiger partial charge in [0.2, 0.25) is 0 Å². The number of pyridine rings is 1. The van der Waals surface area contributed by atoms with Crippen LogP contribution in [0.15, 0.2) is 47.4 Å². The predicted octanol–water partition coefficient (Wildman–Crippen LogP) is 4.16.